The zero-order valence-corrected chi connectivity index (χ0v) is 11.6. The summed E-state index contributed by atoms with van der Waals surface area (Å²) in [6, 6.07) is 2.10. The Morgan fingerprint density at radius 2 is 2.06 bits per heavy atom. The summed E-state index contributed by atoms with van der Waals surface area (Å²) in [4.78, 5) is 12.8. The zero-order chi connectivity index (χ0) is 12.7. The van der Waals surface area contributed by atoms with Gasteiger partial charge in [-0.15, -0.1) is 0 Å². The minimum absolute atomic E-state index is 0.316. The average molecular weight is 255 g/mol. The van der Waals surface area contributed by atoms with Crippen LogP contribution >= 0.6 is 11.3 Å². The van der Waals surface area contributed by atoms with Crippen molar-refractivity contribution in [3.63, 3.8) is 0 Å². The molecule has 96 valence electrons. The highest BCUT2D eigenvalue weighted by Crippen LogP contribution is 2.12. The van der Waals surface area contributed by atoms with Crippen molar-refractivity contribution in [2.24, 2.45) is 0 Å². The summed E-state index contributed by atoms with van der Waals surface area (Å²) >= 11 is 1.74. The molecule has 0 N–H and O–H groups in total. The van der Waals surface area contributed by atoms with Crippen molar-refractivity contribution < 1.29 is 9.53 Å². The van der Waals surface area contributed by atoms with Crippen LogP contribution in [0.5, 0.6) is 0 Å². The maximum Gasteiger partial charge on any atom is 0.139 e. The van der Waals surface area contributed by atoms with Gasteiger partial charge in [-0.2, -0.15) is 11.3 Å². The van der Waals surface area contributed by atoms with Crippen LogP contribution in [-0.4, -0.2) is 43.0 Å². The van der Waals surface area contributed by atoms with Crippen molar-refractivity contribution in [3.8, 4) is 0 Å². The predicted octanol–water partition coefficient (Wildman–Crippen LogP) is 2.35. The molecule has 0 bridgehead atoms. The van der Waals surface area contributed by atoms with E-state index < -0.39 is 0 Å². The first-order valence-corrected chi connectivity index (χ1v) is 6.78. The Bertz CT molecular complexity index is 316. The van der Waals surface area contributed by atoms with E-state index in [0.717, 1.165) is 32.6 Å². The van der Waals surface area contributed by atoms with Crippen molar-refractivity contribution in [3.05, 3.63) is 22.4 Å². The van der Waals surface area contributed by atoms with Crippen LogP contribution in [0.3, 0.4) is 0 Å². The molecule has 0 saturated carbocycles. The number of thiophene rings is 1. The summed E-state index contributed by atoms with van der Waals surface area (Å²) < 4.78 is 5.18. The van der Waals surface area contributed by atoms with Gasteiger partial charge in [-0.3, -0.25) is 4.90 Å². The van der Waals surface area contributed by atoms with E-state index in [2.05, 4.69) is 28.7 Å². The molecule has 2 rings (SSSR count). The quantitative estimate of drug-likeness (QED) is 0.760. The smallest absolute Gasteiger partial charge is 0.139 e. The Balaban J connectivity index is 0.000000202. The third-order valence-electron chi connectivity index (χ3n) is 2.78. The molecule has 0 aromatic carbocycles. The first kappa shape index (κ1) is 14.4. The van der Waals surface area contributed by atoms with Crippen molar-refractivity contribution in [2.45, 2.75) is 26.3 Å². The summed E-state index contributed by atoms with van der Waals surface area (Å²) in [5.41, 5.74) is 1.05. The summed E-state index contributed by atoms with van der Waals surface area (Å²) in [7, 11) is 0. The Labute approximate surface area is 107 Å². The first-order valence-electron chi connectivity index (χ1n) is 5.84. The van der Waals surface area contributed by atoms with Crippen LogP contribution < -0.4 is 0 Å². The second kappa shape index (κ2) is 6.89. The topological polar surface area (TPSA) is 29.5 Å². The molecule has 1 aliphatic rings. The minimum atomic E-state index is -0.316. The maximum atomic E-state index is 10.6. The Morgan fingerprint density at radius 3 is 2.41 bits per heavy atom. The molecule has 0 aliphatic carbocycles. The molecular formula is C13H21NO2S. The number of hydrogen-bond acceptors (Lipinski definition) is 4. The summed E-state index contributed by atoms with van der Waals surface area (Å²) in [6.45, 7) is 9.19. The van der Waals surface area contributed by atoms with Gasteiger partial charge in [0.1, 0.15) is 6.29 Å². The molecule has 0 amide bonds. The molecule has 1 aromatic rings. The highest BCUT2D eigenvalue weighted by atomic mass is 32.1. The highest BCUT2D eigenvalue weighted by Gasteiger charge is 2.27. The van der Waals surface area contributed by atoms with Gasteiger partial charge >= 0.3 is 0 Å². The number of hydrogen-bond donors (Lipinski definition) is 0. The zero-order valence-electron chi connectivity index (χ0n) is 10.8. The first-order chi connectivity index (χ1) is 8.06. The van der Waals surface area contributed by atoms with Crippen LogP contribution in [0.1, 0.15) is 19.4 Å². The van der Waals surface area contributed by atoms with Crippen LogP contribution in [0, 0.1) is 6.92 Å². The molecule has 17 heavy (non-hydrogen) atoms. The average Bonchev–Trinajstić information content (AvgIpc) is 2.82. The fraction of sp³-hybridized carbons (Fsp3) is 0.615. The van der Waals surface area contributed by atoms with Gasteiger partial charge in [0.05, 0.1) is 18.8 Å². The van der Waals surface area contributed by atoms with Crippen LogP contribution in [0.2, 0.25) is 0 Å². The summed E-state index contributed by atoms with van der Waals surface area (Å²) in [6.07, 6.45) is 0.998. The molecule has 1 saturated heterocycles. The lowest BCUT2D eigenvalue weighted by Gasteiger charge is -2.36. The minimum Gasteiger partial charge on any atom is -0.379 e. The second-order valence-corrected chi connectivity index (χ2v) is 5.45. The van der Waals surface area contributed by atoms with Gasteiger partial charge in [0, 0.05) is 13.1 Å². The standard InChI is InChI=1S/C8H15NO2.C5H6S/c1-8(2,7-10)9-3-5-11-6-4-9;1-5-2-3-6-4-5/h7H,3-6H2,1-2H3;2-4H,1H3. The lowest BCUT2D eigenvalue weighted by Crippen LogP contribution is -2.50. The normalized spacial score (nSPS) is 17.1. The Hall–Kier alpha value is -0.710. The van der Waals surface area contributed by atoms with Crippen LogP contribution in [0.4, 0.5) is 0 Å². The molecule has 1 aliphatic heterocycles. The second-order valence-electron chi connectivity index (χ2n) is 4.67. The van der Waals surface area contributed by atoms with Gasteiger partial charge in [0.15, 0.2) is 0 Å². The van der Waals surface area contributed by atoms with E-state index >= 15 is 0 Å². The van der Waals surface area contributed by atoms with Crippen LogP contribution in [0.25, 0.3) is 0 Å². The van der Waals surface area contributed by atoms with Crippen molar-refractivity contribution in [2.75, 3.05) is 26.3 Å². The van der Waals surface area contributed by atoms with Gasteiger partial charge in [-0.1, -0.05) is 0 Å². The number of ether oxygens (including phenoxy) is 1. The molecule has 1 fully saturated rings. The fourth-order valence-electron chi connectivity index (χ4n) is 1.55. The molecule has 0 unspecified atom stereocenters. The summed E-state index contributed by atoms with van der Waals surface area (Å²) in [5.74, 6) is 0. The van der Waals surface area contributed by atoms with Gasteiger partial charge in [-0.05, 0) is 43.2 Å². The van der Waals surface area contributed by atoms with E-state index in [9.17, 15) is 4.79 Å². The molecular weight excluding hydrogens is 234 g/mol. The summed E-state index contributed by atoms with van der Waals surface area (Å²) in [5, 5.41) is 4.20. The number of carbonyl (C=O) groups is 1. The molecule has 0 spiro atoms. The largest absolute Gasteiger partial charge is 0.379 e. The predicted molar refractivity (Wildman–Crippen MR) is 71.6 cm³/mol. The van der Waals surface area contributed by atoms with Crippen LogP contribution in [0.15, 0.2) is 16.8 Å². The number of nitrogens with zero attached hydrogens (tertiary/aromatic N) is 1. The van der Waals surface area contributed by atoms with E-state index in [1.165, 1.54) is 5.56 Å². The Kier molecular flexibility index (Phi) is 5.82. The van der Waals surface area contributed by atoms with Crippen molar-refractivity contribution >= 4 is 17.6 Å². The number of morpholine rings is 1. The monoisotopic (exact) mass is 255 g/mol. The van der Waals surface area contributed by atoms with Gasteiger partial charge in [0.2, 0.25) is 0 Å². The number of aryl methyl sites for hydroxylation is 1. The maximum absolute atomic E-state index is 10.6. The van der Waals surface area contributed by atoms with E-state index in [1.807, 2.05) is 13.8 Å². The number of carbonyl (C=O) groups excluding carboxylic acids is 1. The van der Waals surface area contributed by atoms with E-state index in [4.69, 9.17) is 4.74 Å². The SMILES string of the molecule is CC(C)(C=O)N1CCOCC1.Cc1ccsc1. The molecule has 2 heterocycles. The molecule has 0 radical (unpaired) electrons. The van der Waals surface area contributed by atoms with E-state index in [-0.39, 0.29) is 5.54 Å². The van der Waals surface area contributed by atoms with Gasteiger partial charge in [-0.25, -0.2) is 0 Å². The van der Waals surface area contributed by atoms with E-state index in [1.54, 1.807) is 11.3 Å². The lowest BCUT2D eigenvalue weighted by molar-refractivity contribution is -0.119. The van der Waals surface area contributed by atoms with Gasteiger partial charge in [0.25, 0.3) is 0 Å². The third kappa shape index (κ3) is 4.98. The molecule has 3 nitrogen and oxygen atoms in total. The van der Waals surface area contributed by atoms with Crippen molar-refractivity contribution in [1.29, 1.82) is 0 Å². The van der Waals surface area contributed by atoms with Crippen LogP contribution in [-0.2, 0) is 9.53 Å². The van der Waals surface area contributed by atoms with E-state index in [0.29, 0.717) is 0 Å². The fourth-order valence-corrected chi connectivity index (χ4v) is 2.21. The van der Waals surface area contributed by atoms with Crippen molar-refractivity contribution in [1.82, 2.24) is 4.90 Å². The number of rotatable bonds is 2. The third-order valence-corrected chi connectivity index (χ3v) is 3.58. The number of aldehydes is 1. The highest BCUT2D eigenvalue weighted by molar-refractivity contribution is 7.07. The molecule has 0 atom stereocenters. The molecule has 1 aromatic heterocycles. The Morgan fingerprint density at radius 1 is 1.41 bits per heavy atom. The lowest BCUT2D eigenvalue weighted by atomic mass is 10.1. The molecule has 4 heteroatoms. The van der Waals surface area contributed by atoms with Gasteiger partial charge < -0.3 is 9.53 Å².